The topological polar surface area (TPSA) is 71.1 Å². The van der Waals surface area contributed by atoms with Crippen molar-refractivity contribution in [1.82, 2.24) is 0 Å². The molecule has 0 aromatic rings. The van der Waals surface area contributed by atoms with E-state index in [9.17, 15) is 9.13 Å². The molecule has 74 valence electrons. The van der Waals surface area contributed by atoms with E-state index >= 15 is 0 Å². The lowest BCUT2D eigenvalue weighted by atomic mass is 11.7. The molecule has 12 heavy (non-hydrogen) atoms. The molecular formula is C4H12O6P2. The minimum absolute atomic E-state index is 0.369. The van der Waals surface area contributed by atoms with Crippen LogP contribution in [0.4, 0.5) is 0 Å². The zero-order valence-electron chi connectivity index (χ0n) is 7.10. The summed E-state index contributed by atoms with van der Waals surface area (Å²) >= 11 is 0. The fraction of sp³-hybridized carbons (Fsp3) is 1.00. The summed E-state index contributed by atoms with van der Waals surface area (Å²) in [5, 5.41) is 0. The molecule has 0 amide bonds. The van der Waals surface area contributed by atoms with Crippen molar-refractivity contribution in [1.29, 1.82) is 0 Å². The van der Waals surface area contributed by atoms with E-state index in [0.717, 1.165) is 0 Å². The van der Waals surface area contributed by atoms with Crippen LogP contribution >= 0.6 is 15.9 Å². The smallest absolute Gasteiger partial charge is 0.314 e. The van der Waals surface area contributed by atoms with Crippen LogP contribution in [0.25, 0.3) is 0 Å². The SMILES string of the molecule is CO[PH](=O)OCP(=O)(OC)OC. The van der Waals surface area contributed by atoms with Gasteiger partial charge in [-0.05, 0) is 0 Å². The molecule has 0 saturated carbocycles. The van der Waals surface area contributed by atoms with Crippen LogP contribution in [0.5, 0.6) is 0 Å². The van der Waals surface area contributed by atoms with Gasteiger partial charge in [0.2, 0.25) is 0 Å². The first-order chi connectivity index (χ1) is 5.58. The van der Waals surface area contributed by atoms with E-state index in [-0.39, 0.29) is 6.35 Å². The number of hydrogen-bond donors (Lipinski definition) is 0. The molecule has 0 bridgehead atoms. The van der Waals surface area contributed by atoms with Crippen LogP contribution < -0.4 is 0 Å². The van der Waals surface area contributed by atoms with Gasteiger partial charge in [0.1, 0.15) is 0 Å². The molecule has 0 aromatic heterocycles. The van der Waals surface area contributed by atoms with Gasteiger partial charge in [-0.25, -0.2) is 0 Å². The summed E-state index contributed by atoms with van der Waals surface area (Å²) in [5.41, 5.74) is 0. The Kier molecular flexibility index (Phi) is 6.01. The van der Waals surface area contributed by atoms with Crippen molar-refractivity contribution in [3.63, 3.8) is 0 Å². The Morgan fingerprint density at radius 3 is 2.08 bits per heavy atom. The van der Waals surface area contributed by atoms with Crippen molar-refractivity contribution in [3.05, 3.63) is 0 Å². The highest BCUT2D eigenvalue weighted by atomic mass is 31.2. The van der Waals surface area contributed by atoms with Crippen molar-refractivity contribution in [2.24, 2.45) is 0 Å². The molecule has 0 saturated heterocycles. The maximum Gasteiger partial charge on any atom is 0.356 e. The highest BCUT2D eigenvalue weighted by Crippen LogP contribution is 2.48. The average molecular weight is 218 g/mol. The maximum atomic E-state index is 11.2. The van der Waals surface area contributed by atoms with Crippen molar-refractivity contribution in [2.75, 3.05) is 27.7 Å². The average Bonchev–Trinajstić information content (AvgIpc) is 2.13. The molecule has 0 aliphatic rings. The summed E-state index contributed by atoms with van der Waals surface area (Å²) in [4.78, 5) is 0. The monoisotopic (exact) mass is 218 g/mol. The predicted octanol–water partition coefficient (Wildman–Crippen LogP) is 1.48. The molecule has 0 aliphatic heterocycles. The lowest BCUT2D eigenvalue weighted by molar-refractivity contribution is 0.226. The highest BCUT2D eigenvalue weighted by Gasteiger charge is 2.22. The van der Waals surface area contributed by atoms with Crippen LogP contribution in [0.15, 0.2) is 0 Å². The molecule has 0 aromatic carbocycles. The van der Waals surface area contributed by atoms with Gasteiger partial charge in [-0.3, -0.25) is 13.7 Å². The number of rotatable bonds is 6. The molecule has 0 radical (unpaired) electrons. The lowest BCUT2D eigenvalue weighted by Crippen LogP contribution is -1.95. The van der Waals surface area contributed by atoms with E-state index in [2.05, 4.69) is 18.1 Å². The molecule has 0 aliphatic carbocycles. The third-order valence-electron chi connectivity index (χ3n) is 1.06. The van der Waals surface area contributed by atoms with Crippen LogP contribution in [0, 0.1) is 0 Å². The van der Waals surface area contributed by atoms with E-state index in [1.54, 1.807) is 0 Å². The van der Waals surface area contributed by atoms with E-state index in [0.29, 0.717) is 0 Å². The molecule has 8 heteroatoms. The van der Waals surface area contributed by atoms with Crippen LogP contribution in [0.1, 0.15) is 0 Å². The molecule has 0 fully saturated rings. The summed E-state index contributed by atoms with van der Waals surface area (Å²) in [7, 11) is -2.12. The van der Waals surface area contributed by atoms with Gasteiger partial charge in [-0.2, -0.15) is 0 Å². The Morgan fingerprint density at radius 2 is 1.75 bits per heavy atom. The Hall–Kier alpha value is 0.300. The Labute approximate surface area is 71.6 Å². The summed E-state index contributed by atoms with van der Waals surface area (Å²) in [6.45, 7) is 0. The van der Waals surface area contributed by atoms with Gasteiger partial charge < -0.3 is 13.6 Å². The highest BCUT2D eigenvalue weighted by molar-refractivity contribution is 7.54. The molecule has 6 nitrogen and oxygen atoms in total. The van der Waals surface area contributed by atoms with E-state index in [4.69, 9.17) is 0 Å². The maximum absolute atomic E-state index is 11.2. The first kappa shape index (κ1) is 12.3. The second-order valence-electron chi connectivity index (χ2n) is 1.70. The van der Waals surface area contributed by atoms with Crippen LogP contribution in [0.3, 0.4) is 0 Å². The molecule has 0 heterocycles. The van der Waals surface area contributed by atoms with Crippen LogP contribution in [-0.4, -0.2) is 27.7 Å². The Bertz CT molecular complexity index is 184. The minimum Gasteiger partial charge on any atom is -0.314 e. The third kappa shape index (κ3) is 4.36. The largest absolute Gasteiger partial charge is 0.356 e. The predicted molar refractivity (Wildman–Crippen MR) is 43.6 cm³/mol. The summed E-state index contributed by atoms with van der Waals surface area (Å²) in [6.07, 6.45) is -0.369. The van der Waals surface area contributed by atoms with E-state index in [1.807, 2.05) is 0 Å². The molecule has 1 atom stereocenters. The van der Waals surface area contributed by atoms with Crippen molar-refractivity contribution < 1.29 is 27.2 Å². The first-order valence-corrected chi connectivity index (χ1v) is 5.94. The van der Waals surface area contributed by atoms with Gasteiger partial charge in [-0.15, -0.1) is 0 Å². The minimum atomic E-state index is -3.22. The summed E-state index contributed by atoms with van der Waals surface area (Å²) < 4.78 is 39.7. The second kappa shape index (κ2) is 5.86. The standard InChI is InChI=1S/C4H12O6P2/c1-7-11(5)10-4-12(6,8-2)9-3/h11H,4H2,1-3H3. The molecule has 0 spiro atoms. The zero-order valence-corrected chi connectivity index (χ0v) is 9.00. The fourth-order valence-electron chi connectivity index (χ4n) is 0.371. The van der Waals surface area contributed by atoms with Gasteiger partial charge in [0.05, 0.1) is 0 Å². The quantitative estimate of drug-likeness (QED) is 0.629. The van der Waals surface area contributed by atoms with E-state index < -0.39 is 15.9 Å². The molecule has 1 unspecified atom stereocenters. The van der Waals surface area contributed by atoms with Crippen molar-refractivity contribution >= 4 is 15.9 Å². The number of hydrogen-bond acceptors (Lipinski definition) is 6. The zero-order chi connectivity index (χ0) is 9.61. The third-order valence-corrected chi connectivity index (χ3v) is 3.58. The molecular weight excluding hydrogens is 206 g/mol. The van der Waals surface area contributed by atoms with Gasteiger partial charge in [0.25, 0.3) is 0 Å². The Morgan fingerprint density at radius 1 is 1.25 bits per heavy atom. The second-order valence-corrected chi connectivity index (χ2v) is 5.11. The summed E-state index contributed by atoms with van der Waals surface area (Å²) in [6, 6.07) is 0. The van der Waals surface area contributed by atoms with Gasteiger partial charge in [0, 0.05) is 21.3 Å². The normalized spacial score (nSPS) is 14.6. The van der Waals surface area contributed by atoms with Gasteiger partial charge in [-0.1, -0.05) is 0 Å². The Balaban J connectivity index is 3.89. The van der Waals surface area contributed by atoms with Crippen molar-refractivity contribution in [2.45, 2.75) is 0 Å². The van der Waals surface area contributed by atoms with Gasteiger partial charge in [0.15, 0.2) is 6.35 Å². The fourth-order valence-corrected chi connectivity index (χ4v) is 1.90. The molecule has 0 rings (SSSR count). The summed E-state index contributed by atoms with van der Waals surface area (Å²) in [5.74, 6) is 0. The lowest BCUT2D eigenvalue weighted by Gasteiger charge is -2.12. The van der Waals surface area contributed by atoms with Crippen LogP contribution in [0.2, 0.25) is 0 Å². The van der Waals surface area contributed by atoms with Crippen molar-refractivity contribution in [3.8, 4) is 0 Å². The molecule has 0 N–H and O–H groups in total. The van der Waals surface area contributed by atoms with Gasteiger partial charge >= 0.3 is 15.9 Å². The van der Waals surface area contributed by atoms with E-state index in [1.165, 1.54) is 21.3 Å². The van der Waals surface area contributed by atoms with Crippen LogP contribution in [-0.2, 0) is 27.2 Å². The first-order valence-electron chi connectivity index (χ1n) is 2.99.